The fourth-order valence-electron chi connectivity index (χ4n) is 1.48. The Morgan fingerprint density at radius 3 is 2.41 bits per heavy atom. The van der Waals surface area contributed by atoms with Crippen molar-refractivity contribution in [1.82, 2.24) is 0 Å². The molecule has 0 saturated carbocycles. The Balaban J connectivity index is 3.07. The number of carboxylic acids is 1. The van der Waals surface area contributed by atoms with Crippen LogP contribution in [0.4, 0.5) is 0 Å². The van der Waals surface area contributed by atoms with Crippen molar-refractivity contribution in [3.05, 3.63) is 28.3 Å². The number of aliphatic carboxylic acids is 1. The molecule has 0 aliphatic heterocycles. The van der Waals surface area contributed by atoms with Crippen LogP contribution in [0.25, 0.3) is 0 Å². The van der Waals surface area contributed by atoms with Gasteiger partial charge in [0.25, 0.3) is 0 Å². The maximum Gasteiger partial charge on any atom is 0.344 e. The predicted octanol–water partition coefficient (Wildman–Crippen LogP) is 3.62. The van der Waals surface area contributed by atoms with Gasteiger partial charge in [-0.3, -0.25) is 0 Å². The fourth-order valence-corrected chi connectivity index (χ4v) is 1.92. The summed E-state index contributed by atoms with van der Waals surface area (Å²) in [7, 11) is 0. The summed E-state index contributed by atoms with van der Waals surface area (Å²) in [6.07, 6.45) is -0.866. The number of rotatable bonds is 4. The number of benzene rings is 1. The molecule has 0 fully saturated rings. The fraction of sp³-hybridized carbons (Fsp3) is 0.462. The second-order valence-corrected chi connectivity index (χ2v) is 4.80. The molecule has 1 aromatic carbocycles. The summed E-state index contributed by atoms with van der Waals surface area (Å²) in [5.74, 6) is -0.135. The third-order valence-electron chi connectivity index (χ3n) is 2.57. The van der Waals surface area contributed by atoms with E-state index < -0.39 is 12.1 Å². The third kappa shape index (κ3) is 3.37. The largest absolute Gasteiger partial charge is 0.479 e. The molecule has 94 valence electrons. The minimum absolute atomic E-state index is 0.269. The first kappa shape index (κ1) is 13.8. The lowest BCUT2D eigenvalue weighted by atomic mass is 10.0. The lowest BCUT2D eigenvalue weighted by Crippen LogP contribution is -2.23. The van der Waals surface area contributed by atoms with Gasteiger partial charge in [-0.1, -0.05) is 25.4 Å². The van der Waals surface area contributed by atoms with E-state index in [4.69, 9.17) is 21.4 Å². The number of hydrogen-bond acceptors (Lipinski definition) is 2. The Labute approximate surface area is 106 Å². The van der Waals surface area contributed by atoms with Crippen LogP contribution in [-0.2, 0) is 4.79 Å². The molecule has 0 radical (unpaired) electrons. The van der Waals surface area contributed by atoms with Crippen LogP contribution in [-0.4, -0.2) is 17.2 Å². The maximum absolute atomic E-state index is 10.7. The van der Waals surface area contributed by atoms with Gasteiger partial charge >= 0.3 is 5.97 Å². The molecule has 0 aromatic heterocycles. The summed E-state index contributed by atoms with van der Waals surface area (Å²) >= 11 is 6.12. The number of carboxylic acid groups (broad SMARTS) is 1. The summed E-state index contributed by atoms with van der Waals surface area (Å²) in [4.78, 5) is 10.7. The van der Waals surface area contributed by atoms with Crippen LogP contribution in [0.5, 0.6) is 5.75 Å². The predicted molar refractivity (Wildman–Crippen MR) is 68.0 cm³/mol. The van der Waals surface area contributed by atoms with Crippen LogP contribution < -0.4 is 4.74 Å². The molecule has 0 heterocycles. The van der Waals surface area contributed by atoms with Crippen LogP contribution >= 0.6 is 11.6 Å². The zero-order valence-electron chi connectivity index (χ0n) is 10.5. The van der Waals surface area contributed by atoms with Crippen LogP contribution in [0.3, 0.4) is 0 Å². The van der Waals surface area contributed by atoms with E-state index in [1.54, 1.807) is 6.07 Å². The Bertz CT molecular complexity index is 427. The first-order valence-electron chi connectivity index (χ1n) is 5.52. The van der Waals surface area contributed by atoms with Gasteiger partial charge in [-0.25, -0.2) is 4.79 Å². The van der Waals surface area contributed by atoms with E-state index in [2.05, 4.69) is 0 Å². The van der Waals surface area contributed by atoms with Crippen LogP contribution in [0.2, 0.25) is 5.02 Å². The van der Waals surface area contributed by atoms with Gasteiger partial charge in [0.15, 0.2) is 6.10 Å². The third-order valence-corrected chi connectivity index (χ3v) is 2.90. The lowest BCUT2D eigenvalue weighted by molar-refractivity contribution is -0.144. The molecule has 17 heavy (non-hydrogen) atoms. The van der Waals surface area contributed by atoms with Crippen LogP contribution in [0, 0.1) is 6.92 Å². The van der Waals surface area contributed by atoms with E-state index in [0.29, 0.717) is 10.8 Å². The van der Waals surface area contributed by atoms with E-state index >= 15 is 0 Å². The average molecular weight is 257 g/mol. The zero-order chi connectivity index (χ0) is 13.2. The second kappa shape index (κ2) is 5.41. The summed E-state index contributed by atoms with van der Waals surface area (Å²) in [5, 5.41) is 9.50. The van der Waals surface area contributed by atoms with Gasteiger partial charge in [0.2, 0.25) is 0 Å². The molecule has 0 bridgehead atoms. The molecule has 1 aromatic rings. The Kier molecular flexibility index (Phi) is 4.40. The van der Waals surface area contributed by atoms with Gasteiger partial charge in [-0.05, 0) is 43.0 Å². The average Bonchev–Trinajstić information content (AvgIpc) is 2.21. The van der Waals surface area contributed by atoms with Crippen molar-refractivity contribution in [2.24, 2.45) is 0 Å². The molecule has 0 amide bonds. The maximum atomic E-state index is 10.7. The summed E-state index contributed by atoms with van der Waals surface area (Å²) in [6, 6.07) is 3.63. The molecule has 1 atom stereocenters. The minimum atomic E-state index is -0.981. The summed E-state index contributed by atoms with van der Waals surface area (Å²) < 4.78 is 5.39. The quantitative estimate of drug-likeness (QED) is 0.895. The minimum Gasteiger partial charge on any atom is -0.479 e. The molecule has 1 rings (SSSR count). The molecule has 0 aliphatic carbocycles. The number of halogens is 1. The Morgan fingerprint density at radius 2 is 1.94 bits per heavy atom. The molecule has 0 aliphatic rings. The first-order valence-corrected chi connectivity index (χ1v) is 5.90. The van der Waals surface area contributed by atoms with Crippen molar-refractivity contribution >= 4 is 17.6 Å². The van der Waals surface area contributed by atoms with Gasteiger partial charge in [-0.2, -0.15) is 0 Å². The van der Waals surface area contributed by atoms with Gasteiger partial charge in [-0.15, -0.1) is 0 Å². The van der Waals surface area contributed by atoms with Crippen molar-refractivity contribution in [3.8, 4) is 5.75 Å². The van der Waals surface area contributed by atoms with E-state index in [1.165, 1.54) is 6.92 Å². The van der Waals surface area contributed by atoms with Crippen molar-refractivity contribution in [3.63, 3.8) is 0 Å². The van der Waals surface area contributed by atoms with Crippen molar-refractivity contribution < 1.29 is 14.6 Å². The van der Waals surface area contributed by atoms with E-state index in [-0.39, 0.29) is 5.92 Å². The highest BCUT2D eigenvalue weighted by Crippen LogP contribution is 2.31. The molecular weight excluding hydrogens is 240 g/mol. The topological polar surface area (TPSA) is 46.5 Å². The van der Waals surface area contributed by atoms with Crippen molar-refractivity contribution in [1.29, 1.82) is 0 Å². The number of ether oxygens (including phenoxy) is 1. The highest BCUT2D eigenvalue weighted by Gasteiger charge is 2.16. The molecular formula is C13H17ClO3. The molecule has 0 saturated heterocycles. The SMILES string of the molecule is Cc1cc(Cl)c(C(C)C)cc1O[C@@H](C)C(=O)O. The normalized spacial score (nSPS) is 12.6. The lowest BCUT2D eigenvalue weighted by Gasteiger charge is -2.16. The zero-order valence-corrected chi connectivity index (χ0v) is 11.2. The Hall–Kier alpha value is -1.22. The van der Waals surface area contributed by atoms with Gasteiger partial charge in [0.1, 0.15) is 5.75 Å². The first-order chi connectivity index (χ1) is 7.82. The van der Waals surface area contributed by atoms with E-state index in [1.807, 2.05) is 26.8 Å². The summed E-state index contributed by atoms with van der Waals surface area (Å²) in [6.45, 7) is 7.41. The summed E-state index contributed by atoms with van der Waals surface area (Å²) in [5.41, 5.74) is 1.80. The highest BCUT2D eigenvalue weighted by molar-refractivity contribution is 6.31. The highest BCUT2D eigenvalue weighted by atomic mass is 35.5. The van der Waals surface area contributed by atoms with Crippen molar-refractivity contribution in [2.45, 2.75) is 39.7 Å². The second-order valence-electron chi connectivity index (χ2n) is 4.39. The van der Waals surface area contributed by atoms with Crippen molar-refractivity contribution in [2.75, 3.05) is 0 Å². The molecule has 4 heteroatoms. The van der Waals surface area contributed by atoms with Gasteiger partial charge in [0.05, 0.1) is 0 Å². The van der Waals surface area contributed by atoms with Crippen LogP contribution in [0.1, 0.15) is 37.8 Å². The van der Waals surface area contributed by atoms with Gasteiger partial charge in [0, 0.05) is 5.02 Å². The molecule has 3 nitrogen and oxygen atoms in total. The standard InChI is InChI=1S/C13H17ClO3/c1-7(2)10-6-12(8(3)5-11(10)14)17-9(4)13(15)16/h5-7,9H,1-4H3,(H,15,16)/t9-/m0/s1. The number of carbonyl (C=O) groups is 1. The van der Waals surface area contributed by atoms with Crippen LogP contribution in [0.15, 0.2) is 12.1 Å². The van der Waals surface area contributed by atoms with E-state index in [9.17, 15) is 4.79 Å². The Morgan fingerprint density at radius 1 is 1.35 bits per heavy atom. The monoisotopic (exact) mass is 256 g/mol. The number of aryl methyl sites for hydroxylation is 1. The molecule has 1 N–H and O–H groups in total. The number of hydrogen-bond donors (Lipinski definition) is 1. The smallest absolute Gasteiger partial charge is 0.344 e. The molecule has 0 spiro atoms. The van der Waals surface area contributed by atoms with E-state index in [0.717, 1.165) is 11.1 Å². The molecule has 0 unspecified atom stereocenters. The van der Waals surface area contributed by atoms with Gasteiger partial charge < -0.3 is 9.84 Å².